The molecular formula is C24H27N3O7S. The number of ether oxygens (including phenoxy) is 2. The molecular weight excluding hydrogens is 474 g/mol. The second-order valence-electron chi connectivity index (χ2n) is 8.30. The number of carboxylic acids is 1. The molecule has 186 valence electrons. The fourth-order valence-corrected chi connectivity index (χ4v) is 4.99. The highest BCUT2D eigenvalue weighted by Crippen LogP contribution is 2.43. The number of hydrazine groups is 1. The van der Waals surface area contributed by atoms with Crippen LogP contribution in [0.5, 0.6) is 11.5 Å². The van der Waals surface area contributed by atoms with Crippen LogP contribution in [0.25, 0.3) is 0 Å². The zero-order chi connectivity index (χ0) is 25.7. The van der Waals surface area contributed by atoms with Gasteiger partial charge in [-0.3, -0.25) is 19.8 Å². The van der Waals surface area contributed by atoms with Gasteiger partial charge in [0.05, 0.1) is 18.8 Å². The molecule has 0 spiro atoms. The normalized spacial score (nSPS) is 17.4. The smallest absolute Gasteiger partial charge is 0.305 e. The van der Waals surface area contributed by atoms with Gasteiger partial charge in [-0.2, -0.15) is 0 Å². The summed E-state index contributed by atoms with van der Waals surface area (Å²) < 4.78 is 10.9. The van der Waals surface area contributed by atoms with Gasteiger partial charge in [-0.25, -0.2) is 5.01 Å². The van der Waals surface area contributed by atoms with E-state index in [0.717, 1.165) is 22.3 Å². The van der Waals surface area contributed by atoms with Crippen molar-refractivity contribution in [2.45, 2.75) is 43.7 Å². The van der Waals surface area contributed by atoms with Crippen LogP contribution in [-0.4, -0.2) is 46.9 Å². The summed E-state index contributed by atoms with van der Waals surface area (Å²) >= 11 is 1.15. The number of amides is 2. The lowest BCUT2D eigenvalue weighted by atomic mass is 9.99. The van der Waals surface area contributed by atoms with E-state index in [2.05, 4.69) is 10.6 Å². The topological polar surface area (TPSA) is 135 Å². The monoisotopic (exact) mass is 501 g/mol. The number of thioether (sulfide) groups is 1. The Labute approximate surface area is 206 Å². The molecule has 3 rings (SSSR count). The van der Waals surface area contributed by atoms with Crippen LogP contribution in [0, 0.1) is 11.8 Å². The zero-order valence-electron chi connectivity index (χ0n) is 19.8. The molecule has 2 unspecified atom stereocenters. The van der Waals surface area contributed by atoms with Gasteiger partial charge in [0.2, 0.25) is 0 Å². The van der Waals surface area contributed by atoms with Crippen LogP contribution in [0.4, 0.5) is 5.69 Å². The molecule has 2 N–H and O–H groups in total. The van der Waals surface area contributed by atoms with E-state index in [0.29, 0.717) is 28.3 Å². The van der Waals surface area contributed by atoms with Crippen LogP contribution in [0.3, 0.4) is 0 Å². The molecule has 35 heavy (non-hydrogen) atoms. The Balaban J connectivity index is 1.77. The molecule has 1 aliphatic rings. The van der Waals surface area contributed by atoms with Gasteiger partial charge < -0.3 is 14.6 Å². The van der Waals surface area contributed by atoms with Crippen molar-refractivity contribution in [2.75, 3.05) is 13.7 Å². The number of methoxy groups -OCH3 is 1. The Morgan fingerprint density at radius 3 is 2.49 bits per heavy atom. The first-order valence-corrected chi connectivity index (χ1v) is 11.8. The number of aliphatic carboxylic acids is 1. The van der Waals surface area contributed by atoms with Crippen LogP contribution in [0.15, 0.2) is 41.6 Å². The van der Waals surface area contributed by atoms with Crippen LogP contribution in [-0.2, 0) is 14.4 Å². The first-order chi connectivity index (χ1) is 16.6. The van der Waals surface area contributed by atoms with Crippen LogP contribution in [0.1, 0.15) is 48.3 Å². The molecule has 0 aromatic heterocycles. The van der Waals surface area contributed by atoms with Crippen molar-refractivity contribution < 1.29 is 29.0 Å². The minimum Gasteiger partial charge on any atom is -0.497 e. The second kappa shape index (κ2) is 11.2. The lowest BCUT2D eigenvalue weighted by molar-refractivity contribution is -0.144. The molecule has 10 nitrogen and oxygen atoms in total. The highest BCUT2D eigenvalue weighted by molar-refractivity contribution is 8.01. The molecule has 1 aliphatic heterocycles. The fraction of sp³-hybridized carbons (Fsp3) is 0.375. The Morgan fingerprint density at radius 1 is 1.23 bits per heavy atom. The van der Waals surface area contributed by atoms with Crippen molar-refractivity contribution in [3.63, 3.8) is 0 Å². The standard InChI is InChI=1S/C24H27N3O7S/c1-13(2)17-10-18(26-32)14(3)9-19(17)34-12-21(28)25-27-23(31)20(11-22(29)30)35-24(27)15-5-7-16(33-4)8-6-15/h5-10,13,20,24H,11-12H2,1-4H3,(H,25,28)(H,29,30). The van der Waals surface area contributed by atoms with E-state index in [4.69, 9.17) is 9.47 Å². The first kappa shape index (κ1) is 26.0. The number of nitrogens with one attached hydrogen (secondary N) is 1. The van der Waals surface area contributed by atoms with Gasteiger partial charge in [0.15, 0.2) is 6.61 Å². The number of rotatable bonds is 10. The van der Waals surface area contributed by atoms with Gasteiger partial charge in [-0.1, -0.05) is 26.0 Å². The molecule has 0 bridgehead atoms. The number of carbonyl (C=O) groups excluding carboxylic acids is 2. The molecule has 2 aromatic carbocycles. The number of nitrogens with zero attached hydrogens (tertiary/aromatic N) is 2. The molecule has 1 fully saturated rings. The van der Waals surface area contributed by atoms with E-state index in [1.165, 1.54) is 7.11 Å². The van der Waals surface area contributed by atoms with E-state index < -0.39 is 28.4 Å². The zero-order valence-corrected chi connectivity index (χ0v) is 20.6. The van der Waals surface area contributed by atoms with Gasteiger partial charge in [-0.15, -0.1) is 16.7 Å². The third kappa shape index (κ3) is 6.10. The third-order valence-corrected chi connectivity index (χ3v) is 6.89. The molecule has 0 aliphatic carbocycles. The predicted octanol–water partition coefficient (Wildman–Crippen LogP) is 4.05. The molecule has 1 saturated heterocycles. The number of hydrogen-bond donors (Lipinski definition) is 2. The highest BCUT2D eigenvalue weighted by Gasteiger charge is 2.43. The first-order valence-electron chi connectivity index (χ1n) is 10.9. The number of benzene rings is 2. The number of hydrogen-bond acceptors (Lipinski definition) is 8. The number of carboxylic acid groups (broad SMARTS) is 1. The van der Waals surface area contributed by atoms with E-state index in [9.17, 15) is 24.4 Å². The summed E-state index contributed by atoms with van der Waals surface area (Å²) in [5, 5.41) is 11.9. The Kier molecular flexibility index (Phi) is 8.34. The fourth-order valence-electron chi connectivity index (χ4n) is 3.62. The molecule has 1 heterocycles. The summed E-state index contributed by atoms with van der Waals surface area (Å²) in [4.78, 5) is 48.0. The summed E-state index contributed by atoms with van der Waals surface area (Å²) in [6, 6.07) is 10.2. The summed E-state index contributed by atoms with van der Waals surface area (Å²) in [6.45, 7) is 5.18. The van der Waals surface area contributed by atoms with Crippen LogP contribution < -0.4 is 14.9 Å². The van der Waals surface area contributed by atoms with Crippen molar-refractivity contribution >= 4 is 35.2 Å². The van der Waals surface area contributed by atoms with Crippen molar-refractivity contribution in [3.8, 4) is 11.5 Å². The second-order valence-corrected chi connectivity index (χ2v) is 9.59. The van der Waals surface area contributed by atoms with Gasteiger partial charge in [0.1, 0.15) is 22.6 Å². The van der Waals surface area contributed by atoms with E-state index in [1.807, 2.05) is 13.8 Å². The molecule has 2 atom stereocenters. The van der Waals surface area contributed by atoms with E-state index >= 15 is 0 Å². The van der Waals surface area contributed by atoms with Gasteiger partial charge in [-0.05, 0) is 59.0 Å². The Bertz CT molecular complexity index is 1120. The molecule has 0 radical (unpaired) electrons. The van der Waals surface area contributed by atoms with E-state index in [1.54, 1.807) is 43.3 Å². The Hall–Kier alpha value is -3.60. The Morgan fingerprint density at radius 2 is 1.91 bits per heavy atom. The minimum absolute atomic E-state index is 0.0157. The largest absolute Gasteiger partial charge is 0.497 e. The average Bonchev–Trinajstić information content (AvgIpc) is 3.11. The van der Waals surface area contributed by atoms with Crippen molar-refractivity contribution in [2.24, 2.45) is 5.18 Å². The molecule has 0 saturated carbocycles. The SMILES string of the molecule is COc1ccc(C2SC(CC(=O)O)C(=O)N2NC(=O)COc2cc(C)c(N=O)cc2C(C)C)cc1. The van der Waals surface area contributed by atoms with Crippen molar-refractivity contribution in [3.05, 3.63) is 58.0 Å². The van der Waals surface area contributed by atoms with Gasteiger partial charge in [0, 0.05) is 0 Å². The van der Waals surface area contributed by atoms with E-state index in [-0.39, 0.29) is 18.9 Å². The molecule has 11 heteroatoms. The lowest BCUT2D eigenvalue weighted by Gasteiger charge is -2.25. The summed E-state index contributed by atoms with van der Waals surface area (Å²) in [6.07, 6.45) is -0.368. The van der Waals surface area contributed by atoms with Gasteiger partial charge >= 0.3 is 5.97 Å². The molecule has 2 amide bonds. The highest BCUT2D eigenvalue weighted by atomic mass is 32.2. The van der Waals surface area contributed by atoms with Crippen LogP contribution in [0.2, 0.25) is 0 Å². The summed E-state index contributed by atoms with van der Waals surface area (Å²) in [7, 11) is 1.54. The molecule has 2 aromatic rings. The maximum absolute atomic E-state index is 12.9. The lowest BCUT2D eigenvalue weighted by Crippen LogP contribution is -2.47. The summed E-state index contributed by atoms with van der Waals surface area (Å²) in [5.41, 5.74) is 4.91. The minimum atomic E-state index is -1.11. The number of aryl methyl sites for hydroxylation is 1. The van der Waals surface area contributed by atoms with Crippen LogP contribution >= 0.6 is 11.8 Å². The maximum atomic E-state index is 12.9. The summed E-state index contributed by atoms with van der Waals surface area (Å²) in [5.74, 6) is -1.11. The predicted molar refractivity (Wildman–Crippen MR) is 131 cm³/mol. The number of nitroso groups, excluding NO2 is 1. The van der Waals surface area contributed by atoms with Crippen molar-refractivity contribution in [1.29, 1.82) is 0 Å². The van der Waals surface area contributed by atoms with Crippen molar-refractivity contribution in [1.82, 2.24) is 10.4 Å². The number of carbonyl (C=O) groups is 3. The average molecular weight is 502 g/mol. The third-order valence-electron chi connectivity index (χ3n) is 5.45. The maximum Gasteiger partial charge on any atom is 0.305 e. The van der Waals surface area contributed by atoms with Gasteiger partial charge in [0.25, 0.3) is 11.8 Å². The quantitative estimate of drug-likeness (QED) is 0.466.